The van der Waals surface area contributed by atoms with Crippen molar-refractivity contribution >= 4 is 28.7 Å². The first-order valence-electron chi connectivity index (χ1n) is 7.37. The Morgan fingerprint density at radius 3 is 2.96 bits per heavy atom. The van der Waals surface area contributed by atoms with Gasteiger partial charge in [-0.15, -0.1) is 11.3 Å². The third kappa shape index (κ3) is 3.24. The fourth-order valence-corrected chi connectivity index (χ4v) is 3.45. The van der Waals surface area contributed by atoms with Crippen LogP contribution in [0.1, 0.15) is 21.3 Å². The Morgan fingerprint density at radius 2 is 2.29 bits per heavy atom. The highest BCUT2D eigenvalue weighted by molar-refractivity contribution is 7.10. The maximum absolute atomic E-state index is 11.9. The fraction of sp³-hybridized carbons (Fsp3) is 0.312. The van der Waals surface area contributed by atoms with Crippen molar-refractivity contribution in [3.63, 3.8) is 0 Å². The number of benzene rings is 1. The Hall–Kier alpha value is -2.45. The van der Waals surface area contributed by atoms with Crippen LogP contribution in [-0.2, 0) is 9.47 Å². The summed E-state index contributed by atoms with van der Waals surface area (Å²) in [5.41, 5.74) is 0.443. The Labute approximate surface area is 142 Å². The van der Waals surface area contributed by atoms with E-state index in [1.54, 1.807) is 17.4 Å². The average molecular weight is 348 g/mol. The van der Waals surface area contributed by atoms with Gasteiger partial charge in [-0.05, 0) is 23.6 Å². The number of nitro benzene ring substituents is 1. The van der Waals surface area contributed by atoms with Crippen molar-refractivity contribution in [3.05, 3.63) is 56.3 Å². The van der Waals surface area contributed by atoms with E-state index in [-0.39, 0.29) is 17.4 Å². The van der Waals surface area contributed by atoms with Gasteiger partial charge < -0.3 is 14.4 Å². The standard InChI is InChI=1S/C16H16N2O5S/c1-22-16(19)12-9-11(4-5-13(12)18(20)21)17-6-7-23-14(10-17)15-3-2-8-24-15/h2-5,8-9,14H,6-7,10H2,1H3. The third-order valence-electron chi connectivity index (χ3n) is 3.87. The zero-order valence-electron chi connectivity index (χ0n) is 13.0. The number of carbonyl (C=O) groups is 1. The Bertz CT molecular complexity index is 747. The molecule has 2 heterocycles. The minimum Gasteiger partial charge on any atom is -0.465 e. The SMILES string of the molecule is COC(=O)c1cc(N2CCOC(c3cccs3)C2)ccc1[N+](=O)[O-]. The summed E-state index contributed by atoms with van der Waals surface area (Å²) < 4.78 is 10.5. The summed E-state index contributed by atoms with van der Waals surface area (Å²) in [5.74, 6) is -0.716. The Balaban J connectivity index is 1.88. The maximum atomic E-state index is 11.9. The van der Waals surface area contributed by atoms with Gasteiger partial charge in [0.2, 0.25) is 0 Å². The highest BCUT2D eigenvalue weighted by Crippen LogP contribution is 2.31. The number of hydrogen-bond donors (Lipinski definition) is 0. The average Bonchev–Trinajstić information content (AvgIpc) is 3.15. The summed E-state index contributed by atoms with van der Waals surface area (Å²) in [4.78, 5) is 25.6. The smallest absolute Gasteiger partial charge is 0.344 e. The van der Waals surface area contributed by atoms with E-state index in [0.29, 0.717) is 19.7 Å². The van der Waals surface area contributed by atoms with Crippen LogP contribution >= 0.6 is 11.3 Å². The van der Waals surface area contributed by atoms with Crippen LogP contribution in [-0.4, -0.2) is 37.7 Å². The van der Waals surface area contributed by atoms with E-state index >= 15 is 0 Å². The number of anilines is 1. The van der Waals surface area contributed by atoms with Gasteiger partial charge >= 0.3 is 5.97 Å². The molecule has 0 saturated carbocycles. The summed E-state index contributed by atoms with van der Waals surface area (Å²) in [6.45, 7) is 1.83. The van der Waals surface area contributed by atoms with Crippen LogP contribution in [0.5, 0.6) is 0 Å². The number of carbonyl (C=O) groups excluding carboxylic acids is 1. The topological polar surface area (TPSA) is 81.9 Å². The summed E-state index contributed by atoms with van der Waals surface area (Å²) in [5, 5.41) is 13.1. The van der Waals surface area contributed by atoms with Gasteiger partial charge in [-0.2, -0.15) is 0 Å². The molecule has 0 bridgehead atoms. The molecule has 1 aliphatic rings. The summed E-state index contributed by atoms with van der Waals surface area (Å²) in [7, 11) is 1.21. The minimum absolute atomic E-state index is 0.0424. The largest absolute Gasteiger partial charge is 0.465 e. The molecular weight excluding hydrogens is 332 g/mol. The van der Waals surface area contributed by atoms with Gasteiger partial charge in [0, 0.05) is 29.7 Å². The van der Waals surface area contributed by atoms with E-state index in [4.69, 9.17) is 4.74 Å². The second-order valence-electron chi connectivity index (χ2n) is 5.27. The third-order valence-corrected chi connectivity index (χ3v) is 4.84. The number of hydrogen-bond acceptors (Lipinski definition) is 7. The van der Waals surface area contributed by atoms with Crippen molar-refractivity contribution < 1.29 is 19.2 Å². The van der Waals surface area contributed by atoms with Crippen molar-refractivity contribution in [2.24, 2.45) is 0 Å². The maximum Gasteiger partial charge on any atom is 0.344 e. The van der Waals surface area contributed by atoms with Crippen molar-refractivity contribution in [3.8, 4) is 0 Å². The number of esters is 1. The summed E-state index contributed by atoms with van der Waals surface area (Å²) >= 11 is 1.63. The molecule has 1 aromatic heterocycles. The molecule has 1 aromatic carbocycles. The molecule has 0 N–H and O–H groups in total. The predicted octanol–water partition coefficient (Wildman–Crippen LogP) is 3.02. The molecule has 126 valence electrons. The first kappa shape index (κ1) is 16.4. The molecular formula is C16H16N2O5S. The highest BCUT2D eigenvalue weighted by Gasteiger charge is 2.26. The number of nitrogens with zero attached hydrogens (tertiary/aromatic N) is 2. The first-order valence-corrected chi connectivity index (χ1v) is 8.25. The number of thiophene rings is 1. The minimum atomic E-state index is -0.716. The molecule has 1 aliphatic heterocycles. The lowest BCUT2D eigenvalue weighted by atomic mass is 10.1. The van der Waals surface area contributed by atoms with Crippen molar-refractivity contribution in [2.75, 3.05) is 31.7 Å². The number of rotatable bonds is 4. The highest BCUT2D eigenvalue weighted by atomic mass is 32.1. The van der Waals surface area contributed by atoms with Crippen LogP contribution in [0.15, 0.2) is 35.7 Å². The number of ether oxygens (including phenoxy) is 2. The molecule has 1 fully saturated rings. The zero-order chi connectivity index (χ0) is 17.1. The fourth-order valence-electron chi connectivity index (χ4n) is 2.68. The quantitative estimate of drug-likeness (QED) is 0.480. The number of nitro groups is 1. The lowest BCUT2D eigenvalue weighted by Crippen LogP contribution is -2.38. The van der Waals surface area contributed by atoms with Gasteiger partial charge in [-0.25, -0.2) is 4.79 Å². The van der Waals surface area contributed by atoms with Crippen molar-refractivity contribution in [1.82, 2.24) is 0 Å². The molecule has 2 aromatic rings. The van der Waals surface area contributed by atoms with Crippen LogP contribution in [0.25, 0.3) is 0 Å². The molecule has 0 aliphatic carbocycles. The van der Waals surface area contributed by atoms with Gasteiger partial charge in [0.15, 0.2) is 0 Å². The molecule has 0 amide bonds. The van der Waals surface area contributed by atoms with Gasteiger partial charge in [-0.1, -0.05) is 6.07 Å². The molecule has 3 rings (SSSR count). The second kappa shape index (κ2) is 6.98. The number of morpholine rings is 1. The van der Waals surface area contributed by atoms with Crippen LogP contribution < -0.4 is 4.90 Å². The van der Waals surface area contributed by atoms with Gasteiger partial charge in [0.25, 0.3) is 5.69 Å². The first-order chi connectivity index (χ1) is 11.6. The summed E-state index contributed by atoms with van der Waals surface area (Å²) in [6.07, 6.45) is -0.0458. The predicted molar refractivity (Wildman–Crippen MR) is 89.7 cm³/mol. The molecule has 1 saturated heterocycles. The number of methoxy groups -OCH3 is 1. The van der Waals surface area contributed by atoms with E-state index in [1.807, 2.05) is 17.5 Å². The van der Waals surface area contributed by atoms with Crippen LogP contribution in [0, 0.1) is 10.1 Å². The van der Waals surface area contributed by atoms with Crippen LogP contribution in [0.3, 0.4) is 0 Å². The van der Waals surface area contributed by atoms with Crippen LogP contribution in [0.2, 0.25) is 0 Å². The molecule has 0 radical (unpaired) electrons. The molecule has 0 spiro atoms. The van der Waals surface area contributed by atoms with Gasteiger partial charge in [0.05, 0.1) is 18.6 Å². The van der Waals surface area contributed by atoms with Crippen molar-refractivity contribution in [1.29, 1.82) is 0 Å². The molecule has 7 nitrogen and oxygen atoms in total. The van der Waals surface area contributed by atoms with E-state index in [1.165, 1.54) is 19.2 Å². The lowest BCUT2D eigenvalue weighted by molar-refractivity contribution is -0.385. The lowest BCUT2D eigenvalue weighted by Gasteiger charge is -2.34. The van der Waals surface area contributed by atoms with Gasteiger partial charge in [-0.3, -0.25) is 10.1 Å². The van der Waals surface area contributed by atoms with Gasteiger partial charge in [0.1, 0.15) is 11.7 Å². The monoisotopic (exact) mass is 348 g/mol. The van der Waals surface area contributed by atoms with E-state index in [9.17, 15) is 14.9 Å². The molecule has 8 heteroatoms. The van der Waals surface area contributed by atoms with E-state index in [0.717, 1.165) is 10.6 Å². The normalized spacial score (nSPS) is 17.5. The Morgan fingerprint density at radius 1 is 1.46 bits per heavy atom. The molecule has 24 heavy (non-hydrogen) atoms. The zero-order valence-corrected chi connectivity index (χ0v) is 13.8. The van der Waals surface area contributed by atoms with E-state index < -0.39 is 10.9 Å². The molecule has 1 unspecified atom stereocenters. The Kier molecular flexibility index (Phi) is 4.77. The second-order valence-corrected chi connectivity index (χ2v) is 6.25. The van der Waals surface area contributed by atoms with Crippen molar-refractivity contribution in [2.45, 2.75) is 6.10 Å². The summed E-state index contributed by atoms with van der Waals surface area (Å²) in [6, 6.07) is 8.51. The molecule has 1 atom stereocenters. The van der Waals surface area contributed by atoms with E-state index in [2.05, 4.69) is 9.64 Å². The van der Waals surface area contributed by atoms with Crippen LogP contribution in [0.4, 0.5) is 11.4 Å².